The van der Waals surface area contributed by atoms with Crippen molar-refractivity contribution in [1.82, 2.24) is 5.32 Å². The summed E-state index contributed by atoms with van der Waals surface area (Å²) in [5, 5.41) is 12.2. The normalized spacial score (nSPS) is 10.4. The van der Waals surface area contributed by atoms with Gasteiger partial charge in [0.25, 0.3) is 0 Å². The molecule has 0 aliphatic carbocycles. The highest BCUT2D eigenvalue weighted by atomic mass is 16.5. The highest BCUT2D eigenvalue weighted by Gasteiger charge is 2.09. The van der Waals surface area contributed by atoms with Crippen LogP contribution in [0.2, 0.25) is 0 Å². The second-order valence-corrected chi connectivity index (χ2v) is 4.23. The zero-order valence-corrected chi connectivity index (χ0v) is 11.0. The van der Waals surface area contributed by atoms with Gasteiger partial charge in [-0.25, -0.2) is 4.79 Å². The van der Waals surface area contributed by atoms with E-state index in [-0.39, 0.29) is 5.56 Å². The lowest BCUT2D eigenvalue weighted by atomic mass is 10.2. The molecule has 2 N–H and O–H groups in total. The van der Waals surface area contributed by atoms with E-state index in [1.54, 1.807) is 24.5 Å². The molecule has 2 rings (SSSR count). The van der Waals surface area contributed by atoms with Crippen molar-refractivity contribution < 1.29 is 19.1 Å². The number of nitrogens with one attached hydrogen (secondary N) is 1. The third kappa shape index (κ3) is 4.13. The molecule has 0 saturated heterocycles. The summed E-state index contributed by atoms with van der Waals surface area (Å²) in [5.74, 6) is 0.355. The van der Waals surface area contributed by atoms with Crippen LogP contribution in [0.1, 0.15) is 16.1 Å². The Labute approximate surface area is 117 Å². The predicted molar refractivity (Wildman–Crippen MR) is 74.2 cm³/mol. The maximum atomic E-state index is 11.0. The predicted octanol–water partition coefficient (Wildman–Crippen LogP) is 2.19. The van der Waals surface area contributed by atoms with E-state index in [2.05, 4.69) is 5.32 Å². The van der Waals surface area contributed by atoms with Gasteiger partial charge in [-0.2, -0.15) is 0 Å². The van der Waals surface area contributed by atoms with Gasteiger partial charge >= 0.3 is 5.97 Å². The van der Waals surface area contributed by atoms with Crippen LogP contribution >= 0.6 is 0 Å². The number of rotatable bonds is 8. The van der Waals surface area contributed by atoms with Crippen molar-refractivity contribution in [2.45, 2.75) is 6.42 Å². The molecule has 0 atom stereocenters. The van der Waals surface area contributed by atoms with E-state index < -0.39 is 5.97 Å². The number of hydrogen-bond donors (Lipinski definition) is 2. The molecule has 1 heterocycles. The molecule has 20 heavy (non-hydrogen) atoms. The van der Waals surface area contributed by atoms with Gasteiger partial charge in [0.2, 0.25) is 0 Å². The monoisotopic (exact) mass is 275 g/mol. The standard InChI is InChI=1S/C15H17NO4/c17-15(18)13-5-1-2-6-14(13)20-11-9-16-8-7-12-4-3-10-19-12/h1-6,10,16H,7-9,11H2,(H,17,18). The van der Waals surface area contributed by atoms with Crippen LogP contribution in [-0.2, 0) is 6.42 Å². The summed E-state index contributed by atoms with van der Waals surface area (Å²) in [5.41, 5.74) is 0.183. The molecule has 0 saturated carbocycles. The van der Waals surface area contributed by atoms with Crippen molar-refractivity contribution in [3.63, 3.8) is 0 Å². The summed E-state index contributed by atoms with van der Waals surface area (Å²) in [6.45, 7) is 1.86. The molecule has 0 radical (unpaired) electrons. The molecular weight excluding hydrogens is 258 g/mol. The minimum atomic E-state index is -0.980. The minimum Gasteiger partial charge on any atom is -0.491 e. The molecule has 5 heteroatoms. The Kier molecular flexibility index (Phi) is 5.20. The maximum absolute atomic E-state index is 11.0. The van der Waals surface area contributed by atoms with Gasteiger partial charge in [-0.15, -0.1) is 0 Å². The van der Waals surface area contributed by atoms with E-state index in [0.717, 1.165) is 18.7 Å². The zero-order chi connectivity index (χ0) is 14.2. The first-order valence-electron chi connectivity index (χ1n) is 6.45. The van der Waals surface area contributed by atoms with Gasteiger partial charge in [-0.1, -0.05) is 12.1 Å². The molecule has 1 aromatic carbocycles. The maximum Gasteiger partial charge on any atom is 0.339 e. The van der Waals surface area contributed by atoms with Crippen molar-refractivity contribution >= 4 is 5.97 Å². The van der Waals surface area contributed by atoms with Crippen LogP contribution in [0.4, 0.5) is 0 Å². The quantitative estimate of drug-likeness (QED) is 0.723. The van der Waals surface area contributed by atoms with Crippen molar-refractivity contribution in [2.75, 3.05) is 19.7 Å². The van der Waals surface area contributed by atoms with Crippen LogP contribution in [0, 0.1) is 0 Å². The van der Waals surface area contributed by atoms with Gasteiger partial charge in [0.15, 0.2) is 0 Å². The molecular formula is C15H17NO4. The first kappa shape index (κ1) is 14.1. The van der Waals surface area contributed by atoms with Crippen LogP contribution in [0.5, 0.6) is 5.75 Å². The molecule has 2 aromatic rings. The van der Waals surface area contributed by atoms with Crippen molar-refractivity contribution in [1.29, 1.82) is 0 Å². The molecule has 0 aliphatic rings. The van der Waals surface area contributed by atoms with Crippen LogP contribution in [-0.4, -0.2) is 30.8 Å². The first-order valence-corrected chi connectivity index (χ1v) is 6.45. The van der Waals surface area contributed by atoms with Gasteiger partial charge in [0.1, 0.15) is 23.7 Å². The molecule has 106 valence electrons. The lowest BCUT2D eigenvalue weighted by Gasteiger charge is -2.09. The number of para-hydroxylation sites is 1. The summed E-state index contributed by atoms with van der Waals surface area (Å²) in [4.78, 5) is 11.0. The minimum absolute atomic E-state index is 0.183. The first-order chi connectivity index (χ1) is 9.77. The highest BCUT2D eigenvalue weighted by Crippen LogP contribution is 2.17. The fraction of sp³-hybridized carbons (Fsp3) is 0.267. The number of furan rings is 1. The van der Waals surface area contributed by atoms with Crippen molar-refractivity contribution in [3.05, 3.63) is 54.0 Å². The molecule has 0 spiro atoms. The highest BCUT2D eigenvalue weighted by molar-refractivity contribution is 5.90. The van der Waals surface area contributed by atoms with Gasteiger partial charge in [0, 0.05) is 19.5 Å². The number of carbonyl (C=O) groups is 1. The van der Waals surface area contributed by atoms with Crippen LogP contribution in [0.15, 0.2) is 47.1 Å². The molecule has 5 nitrogen and oxygen atoms in total. The molecule has 0 bridgehead atoms. The largest absolute Gasteiger partial charge is 0.491 e. The van der Waals surface area contributed by atoms with Gasteiger partial charge in [0.05, 0.1) is 6.26 Å². The van der Waals surface area contributed by atoms with Crippen LogP contribution in [0.25, 0.3) is 0 Å². The Morgan fingerprint density at radius 1 is 1.20 bits per heavy atom. The molecule has 1 aromatic heterocycles. The Morgan fingerprint density at radius 2 is 2.05 bits per heavy atom. The Hall–Kier alpha value is -2.27. The second kappa shape index (κ2) is 7.35. The Balaban J connectivity index is 1.67. The van der Waals surface area contributed by atoms with Gasteiger partial charge < -0.3 is 19.6 Å². The average Bonchev–Trinajstić information content (AvgIpc) is 2.96. The summed E-state index contributed by atoms with van der Waals surface area (Å²) >= 11 is 0. The summed E-state index contributed by atoms with van der Waals surface area (Å²) in [7, 11) is 0. The summed E-state index contributed by atoms with van der Waals surface area (Å²) < 4.78 is 10.7. The van der Waals surface area contributed by atoms with E-state index >= 15 is 0 Å². The van der Waals surface area contributed by atoms with E-state index in [0.29, 0.717) is 18.9 Å². The van der Waals surface area contributed by atoms with E-state index in [1.165, 1.54) is 6.07 Å². The van der Waals surface area contributed by atoms with Crippen molar-refractivity contribution in [2.24, 2.45) is 0 Å². The van der Waals surface area contributed by atoms with E-state index in [9.17, 15) is 4.79 Å². The van der Waals surface area contributed by atoms with Crippen LogP contribution in [0.3, 0.4) is 0 Å². The fourth-order valence-electron chi connectivity index (χ4n) is 1.79. The van der Waals surface area contributed by atoms with Crippen LogP contribution < -0.4 is 10.1 Å². The van der Waals surface area contributed by atoms with Gasteiger partial charge in [-0.3, -0.25) is 0 Å². The number of ether oxygens (including phenoxy) is 1. The average molecular weight is 275 g/mol. The second-order valence-electron chi connectivity index (χ2n) is 4.23. The smallest absolute Gasteiger partial charge is 0.339 e. The summed E-state index contributed by atoms with van der Waals surface area (Å²) in [6.07, 6.45) is 2.47. The molecule has 0 unspecified atom stereocenters. The molecule has 0 aliphatic heterocycles. The lowest BCUT2D eigenvalue weighted by Crippen LogP contribution is -2.23. The summed E-state index contributed by atoms with van der Waals surface area (Å²) in [6, 6.07) is 10.4. The number of carboxylic acids is 1. The Bertz CT molecular complexity index is 537. The number of carboxylic acid groups (broad SMARTS) is 1. The zero-order valence-electron chi connectivity index (χ0n) is 11.0. The SMILES string of the molecule is O=C(O)c1ccccc1OCCNCCc1ccco1. The van der Waals surface area contributed by atoms with E-state index in [4.69, 9.17) is 14.3 Å². The topological polar surface area (TPSA) is 71.7 Å². The third-order valence-electron chi connectivity index (χ3n) is 2.78. The van der Waals surface area contributed by atoms with Gasteiger partial charge in [-0.05, 0) is 24.3 Å². The fourth-order valence-corrected chi connectivity index (χ4v) is 1.79. The van der Waals surface area contributed by atoms with Crippen molar-refractivity contribution in [3.8, 4) is 5.75 Å². The molecule has 0 fully saturated rings. The number of hydrogen-bond acceptors (Lipinski definition) is 4. The third-order valence-corrected chi connectivity index (χ3v) is 2.78. The molecule has 0 amide bonds. The Morgan fingerprint density at radius 3 is 2.80 bits per heavy atom. The lowest BCUT2D eigenvalue weighted by molar-refractivity contribution is 0.0692. The number of benzene rings is 1. The van der Waals surface area contributed by atoms with E-state index in [1.807, 2.05) is 12.1 Å². The number of aromatic carboxylic acids is 1.